The SMILES string of the molecule is CO[C@H]1CCN(c2ccc3c(c2)N(C)C(=O)[C@@H](NC(=O)c2nnn(Cc4ccccc4)n2)CC3)C1. The molecule has 3 heterocycles. The Morgan fingerprint density at radius 2 is 2.00 bits per heavy atom. The average molecular weight is 476 g/mol. The van der Waals surface area contributed by atoms with Crippen molar-refractivity contribution in [2.24, 2.45) is 0 Å². The van der Waals surface area contributed by atoms with Crippen molar-refractivity contribution in [1.29, 1.82) is 0 Å². The molecule has 0 saturated carbocycles. The van der Waals surface area contributed by atoms with Crippen LogP contribution in [0, 0.1) is 0 Å². The van der Waals surface area contributed by atoms with E-state index in [0.717, 1.165) is 42.0 Å². The summed E-state index contributed by atoms with van der Waals surface area (Å²) >= 11 is 0. The first-order chi connectivity index (χ1) is 17.0. The van der Waals surface area contributed by atoms with E-state index in [0.29, 0.717) is 19.4 Å². The number of nitrogens with zero attached hydrogens (tertiary/aromatic N) is 6. The summed E-state index contributed by atoms with van der Waals surface area (Å²) in [5.41, 5.74) is 4.03. The van der Waals surface area contributed by atoms with E-state index in [9.17, 15) is 9.59 Å². The highest BCUT2D eigenvalue weighted by atomic mass is 16.5. The Labute approximate surface area is 203 Å². The molecule has 0 spiro atoms. The number of aromatic nitrogens is 4. The molecule has 5 rings (SSSR count). The third-order valence-corrected chi connectivity index (χ3v) is 6.73. The quantitative estimate of drug-likeness (QED) is 0.578. The van der Waals surface area contributed by atoms with Crippen LogP contribution in [-0.4, -0.2) is 71.4 Å². The van der Waals surface area contributed by atoms with Gasteiger partial charge in [-0.25, -0.2) is 0 Å². The van der Waals surface area contributed by atoms with Crippen LogP contribution in [0.15, 0.2) is 48.5 Å². The summed E-state index contributed by atoms with van der Waals surface area (Å²) in [5, 5.41) is 14.9. The van der Waals surface area contributed by atoms with Crippen LogP contribution in [0.3, 0.4) is 0 Å². The van der Waals surface area contributed by atoms with E-state index in [2.05, 4.69) is 43.8 Å². The maximum Gasteiger partial charge on any atom is 0.293 e. The molecule has 182 valence electrons. The summed E-state index contributed by atoms with van der Waals surface area (Å²) in [6, 6.07) is 15.3. The minimum Gasteiger partial charge on any atom is -0.380 e. The van der Waals surface area contributed by atoms with Gasteiger partial charge in [-0.05, 0) is 47.7 Å². The number of fused-ring (bicyclic) bond motifs is 1. The van der Waals surface area contributed by atoms with Gasteiger partial charge in [0.2, 0.25) is 5.91 Å². The lowest BCUT2D eigenvalue weighted by Crippen LogP contribution is -2.47. The number of ether oxygens (including phenoxy) is 1. The van der Waals surface area contributed by atoms with Crippen molar-refractivity contribution in [3.05, 3.63) is 65.5 Å². The second kappa shape index (κ2) is 9.83. The van der Waals surface area contributed by atoms with E-state index in [1.807, 2.05) is 30.3 Å². The molecule has 0 bridgehead atoms. The van der Waals surface area contributed by atoms with Crippen LogP contribution >= 0.6 is 0 Å². The van der Waals surface area contributed by atoms with Gasteiger partial charge in [0.1, 0.15) is 6.04 Å². The third-order valence-electron chi connectivity index (χ3n) is 6.73. The van der Waals surface area contributed by atoms with Gasteiger partial charge >= 0.3 is 0 Å². The molecular weight excluding hydrogens is 446 g/mol. The summed E-state index contributed by atoms with van der Waals surface area (Å²) in [6.45, 7) is 2.17. The number of aryl methyl sites for hydroxylation is 1. The number of hydrogen-bond acceptors (Lipinski definition) is 7. The fraction of sp³-hybridized carbons (Fsp3) is 0.400. The van der Waals surface area contributed by atoms with Gasteiger partial charge in [0, 0.05) is 38.6 Å². The minimum atomic E-state index is -0.672. The maximum atomic E-state index is 13.3. The first kappa shape index (κ1) is 23.0. The van der Waals surface area contributed by atoms with Crippen molar-refractivity contribution in [2.75, 3.05) is 37.0 Å². The zero-order valence-electron chi connectivity index (χ0n) is 19.9. The molecular formula is C25H29N7O3. The van der Waals surface area contributed by atoms with Crippen LogP contribution in [0.2, 0.25) is 0 Å². The first-order valence-corrected chi connectivity index (χ1v) is 11.8. The molecule has 1 aromatic heterocycles. The molecule has 1 fully saturated rings. The van der Waals surface area contributed by atoms with Gasteiger partial charge in [0.15, 0.2) is 0 Å². The Hall–Kier alpha value is -3.79. The van der Waals surface area contributed by atoms with Gasteiger partial charge in [0.25, 0.3) is 11.7 Å². The van der Waals surface area contributed by atoms with E-state index in [1.165, 1.54) is 4.80 Å². The average Bonchev–Trinajstić information content (AvgIpc) is 3.54. The lowest BCUT2D eigenvalue weighted by atomic mass is 10.0. The number of anilines is 2. The van der Waals surface area contributed by atoms with E-state index in [1.54, 1.807) is 19.1 Å². The fourth-order valence-electron chi connectivity index (χ4n) is 4.71. The number of hydrogen-bond donors (Lipinski definition) is 1. The van der Waals surface area contributed by atoms with Crippen molar-refractivity contribution in [3.63, 3.8) is 0 Å². The highest BCUT2D eigenvalue weighted by Gasteiger charge is 2.31. The molecule has 2 aliphatic heterocycles. The molecule has 2 atom stereocenters. The molecule has 3 aromatic rings. The summed E-state index contributed by atoms with van der Waals surface area (Å²) in [7, 11) is 3.50. The number of carbonyl (C=O) groups is 2. The Balaban J connectivity index is 1.26. The molecule has 10 heteroatoms. The molecule has 1 N–H and O–H groups in total. The predicted molar refractivity (Wildman–Crippen MR) is 130 cm³/mol. The van der Waals surface area contributed by atoms with Crippen molar-refractivity contribution in [1.82, 2.24) is 25.5 Å². The molecule has 0 unspecified atom stereocenters. The van der Waals surface area contributed by atoms with Crippen molar-refractivity contribution >= 4 is 23.2 Å². The molecule has 10 nitrogen and oxygen atoms in total. The second-order valence-corrected chi connectivity index (χ2v) is 9.00. The number of tetrazole rings is 1. The number of likely N-dealkylation sites (N-methyl/N-ethyl adjacent to an activating group) is 1. The summed E-state index contributed by atoms with van der Waals surface area (Å²) in [5.74, 6) is -0.727. The van der Waals surface area contributed by atoms with Gasteiger partial charge in [-0.1, -0.05) is 36.4 Å². The number of benzene rings is 2. The van der Waals surface area contributed by atoms with E-state index >= 15 is 0 Å². The van der Waals surface area contributed by atoms with Crippen molar-refractivity contribution in [2.45, 2.75) is 38.0 Å². The second-order valence-electron chi connectivity index (χ2n) is 9.00. The summed E-state index contributed by atoms with van der Waals surface area (Å²) in [4.78, 5) is 31.4. The van der Waals surface area contributed by atoms with Crippen molar-refractivity contribution < 1.29 is 14.3 Å². The van der Waals surface area contributed by atoms with E-state index < -0.39 is 11.9 Å². The zero-order valence-corrected chi connectivity index (χ0v) is 19.9. The lowest BCUT2D eigenvalue weighted by molar-refractivity contribution is -0.120. The largest absolute Gasteiger partial charge is 0.380 e. The Morgan fingerprint density at radius 3 is 2.77 bits per heavy atom. The Kier molecular flexibility index (Phi) is 6.45. The Bertz CT molecular complexity index is 1210. The van der Waals surface area contributed by atoms with Crippen LogP contribution in [0.25, 0.3) is 0 Å². The van der Waals surface area contributed by atoms with Gasteiger partial charge in [-0.15, -0.1) is 10.2 Å². The van der Waals surface area contributed by atoms with Gasteiger partial charge in [-0.3, -0.25) is 9.59 Å². The molecule has 1 saturated heterocycles. The number of nitrogens with one attached hydrogen (secondary N) is 1. The first-order valence-electron chi connectivity index (χ1n) is 11.8. The highest BCUT2D eigenvalue weighted by Crippen LogP contribution is 2.32. The topological polar surface area (TPSA) is 105 Å². The Morgan fingerprint density at radius 1 is 1.17 bits per heavy atom. The predicted octanol–water partition coefficient (Wildman–Crippen LogP) is 1.65. The van der Waals surface area contributed by atoms with Crippen LogP contribution < -0.4 is 15.1 Å². The molecule has 2 aromatic carbocycles. The number of methoxy groups -OCH3 is 1. The summed E-state index contributed by atoms with van der Waals surface area (Å²) < 4.78 is 5.49. The molecule has 0 aliphatic carbocycles. The van der Waals surface area contributed by atoms with Crippen LogP contribution in [0.1, 0.15) is 34.6 Å². The van der Waals surface area contributed by atoms with Gasteiger partial charge < -0.3 is 19.9 Å². The van der Waals surface area contributed by atoms with Crippen LogP contribution in [0.5, 0.6) is 0 Å². The number of amides is 2. The smallest absolute Gasteiger partial charge is 0.293 e. The summed E-state index contributed by atoms with van der Waals surface area (Å²) in [6.07, 6.45) is 2.38. The van der Waals surface area contributed by atoms with Crippen LogP contribution in [0.4, 0.5) is 11.4 Å². The van der Waals surface area contributed by atoms with Gasteiger partial charge in [-0.2, -0.15) is 4.80 Å². The number of rotatable bonds is 6. The minimum absolute atomic E-state index is 0.0536. The highest BCUT2D eigenvalue weighted by molar-refractivity contribution is 6.02. The third kappa shape index (κ3) is 4.88. The maximum absolute atomic E-state index is 13.3. The fourth-order valence-corrected chi connectivity index (χ4v) is 4.71. The molecule has 35 heavy (non-hydrogen) atoms. The molecule has 0 radical (unpaired) electrons. The lowest BCUT2D eigenvalue weighted by Gasteiger charge is -2.24. The normalized spacial score (nSPS) is 20.0. The monoisotopic (exact) mass is 475 g/mol. The standard InChI is InChI=1S/C25H29N7O3/c1-30-22-14-19(31-13-12-20(16-31)35-2)10-8-18(22)9-11-21(25(30)34)26-24(33)23-27-29-32(28-23)15-17-6-4-3-5-7-17/h3-8,10,14,20-21H,9,11-13,15-16H2,1-2H3,(H,26,33)/t20-,21-/m0/s1. The number of carbonyl (C=O) groups excluding carboxylic acids is 2. The zero-order chi connectivity index (χ0) is 24.4. The van der Waals surface area contributed by atoms with E-state index in [-0.39, 0.29) is 17.8 Å². The van der Waals surface area contributed by atoms with E-state index in [4.69, 9.17) is 4.74 Å². The van der Waals surface area contributed by atoms with Crippen LogP contribution in [-0.2, 0) is 22.5 Å². The molecule has 2 amide bonds. The molecule has 2 aliphatic rings. The van der Waals surface area contributed by atoms with Crippen molar-refractivity contribution in [3.8, 4) is 0 Å². The van der Waals surface area contributed by atoms with Gasteiger partial charge in [0.05, 0.1) is 12.6 Å².